The Labute approximate surface area is 224 Å². The van der Waals surface area contributed by atoms with Gasteiger partial charge in [0.05, 0.1) is 24.5 Å². The summed E-state index contributed by atoms with van der Waals surface area (Å²) in [5.74, 6) is -3.10. The molecule has 5 rings (SSSR count). The van der Waals surface area contributed by atoms with Crippen LogP contribution in [0.3, 0.4) is 0 Å². The van der Waals surface area contributed by atoms with Crippen LogP contribution in [0.2, 0.25) is 0 Å². The van der Waals surface area contributed by atoms with Crippen LogP contribution in [0.15, 0.2) is 24.0 Å². The predicted octanol–water partition coefficient (Wildman–Crippen LogP) is 0.854. The maximum atomic E-state index is 13.0. The standard InChI is InChI=1S/C27H31NO11/c1-13(36-20(30)12-18(24(31)32)37-14(2)29)25(33)38-17-7-8-27(34)19-11-15-5-6-16(35-4)22-21(15)26(27,23(17)39-22)9-10-28(19)3/h5-7,13,18-19,23,34H,8-12H2,1-4H3,(H,31,32)/t13-,18+,19+,23-,26-,27+/m0/s1. The molecule has 6 atom stereocenters. The summed E-state index contributed by atoms with van der Waals surface area (Å²) in [5, 5.41) is 21.4. The maximum absolute atomic E-state index is 13.0. The molecule has 0 saturated carbocycles. The summed E-state index contributed by atoms with van der Waals surface area (Å²) in [6, 6.07) is 3.65. The van der Waals surface area contributed by atoms with E-state index in [0.717, 1.165) is 18.1 Å². The van der Waals surface area contributed by atoms with Crippen molar-refractivity contribution in [3.63, 3.8) is 0 Å². The molecule has 2 bridgehead atoms. The van der Waals surface area contributed by atoms with Crippen molar-refractivity contribution in [1.29, 1.82) is 0 Å². The molecule has 0 amide bonds. The highest BCUT2D eigenvalue weighted by atomic mass is 16.6. The number of carbonyl (C=O) groups excluding carboxylic acids is 3. The van der Waals surface area contributed by atoms with Crippen molar-refractivity contribution in [2.24, 2.45) is 0 Å². The Bertz CT molecular complexity index is 1270. The first-order chi connectivity index (χ1) is 18.4. The van der Waals surface area contributed by atoms with Gasteiger partial charge in [-0.1, -0.05) is 6.07 Å². The third-order valence-corrected chi connectivity index (χ3v) is 8.35. The van der Waals surface area contributed by atoms with E-state index in [0.29, 0.717) is 30.9 Å². The second-order valence-corrected chi connectivity index (χ2v) is 10.5. The quantitative estimate of drug-likeness (QED) is 0.351. The van der Waals surface area contributed by atoms with Gasteiger partial charge >= 0.3 is 23.9 Å². The molecule has 2 heterocycles. The zero-order valence-electron chi connectivity index (χ0n) is 22.1. The second-order valence-electron chi connectivity index (χ2n) is 10.5. The summed E-state index contributed by atoms with van der Waals surface area (Å²) in [6.07, 6.45) is -1.67. The van der Waals surface area contributed by atoms with Gasteiger partial charge < -0.3 is 38.8 Å². The van der Waals surface area contributed by atoms with Crippen LogP contribution in [0.1, 0.15) is 44.2 Å². The second kappa shape index (κ2) is 9.53. The molecule has 1 fully saturated rings. The van der Waals surface area contributed by atoms with Crippen LogP contribution in [-0.4, -0.2) is 89.6 Å². The number of aliphatic carboxylic acids is 1. The van der Waals surface area contributed by atoms with E-state index in [9.17, 15) is 24.3 Å². The monoisotopic (exact) mass is 545 g/mol. The molecule has 0 unspecified atom stereocenters. The predicted molar refractivity (Wildman–Crippen MR) is 131 cm³/mol. The number of piperidine rings is 1. The van der Waals surface area contributed by atoms with Crippen LogP contribution < -0.4 is 9.47 Å². The first kappa shape index (κ1) is 26.9. The molecular weight excluding hydrogens is 514 g/mol. The van der Waals surface area contributed by atoms with Crippen molar-refractivity contribution in [3.8, 4) is 11.5 Å². The molecule has 2 aliphatic heterocycles. The largest absolute Gasteiger partial charge is 0.493 e. The van der Waals surface area contributed by atoms with E-state index in [4.69, 9.17) is 24.1 Å². The molecular formula is C27H31NO11. The topological polar surface area (TPSA) is 158 Å². The van der Waals surface area contributed by atoms with E-state index in [1.165, 1.54) is 14.0 Å². The Morgan fingerprint density at radius 3 is 2.64 bits per heavy atom. The molecule has 0 aromatic heterocycles. The number of rotatable bonds is 8. The van der Waals surface area contributed by atoms with E-state index in [-0.39, 0.29) is 18.2 Å². The third kappa shape index (κ3) is 4.04. The lowest BCUT2D eigenvalue weighted by Gasteiger charge is -2.61. The SMILES string of the molecule is COc1ccc2c3c1O[C@H]1C(OC(=O)[C@H](C)OC(=O)C[C@@H](OC(C)=O)C(=O)O)=CC[C@@]4(O)[C@@H](C2)N(C)CC[C@]314. The number of carboxylic acids is 1. The smallest absolute Gasteiger partial charge is 0.352 e. The van der Waals surface area contributed by atoms with E-state index in [2.05, 4.69) is 9.64 Å². The van der Waals surface area contributed by atoms with Gasteiger partial charge in [-0.05, 0) is 51.1 Å². The lowest BCUT2D eigenvalue weighted by Crippen LogP contribution is -2.74. The maximum Gasteiger partial charge on any atom is 0.352 e. The summed E-state index contributed by atoms with van der Waals surface area (Å²) in [4.78, 5) is 49.8. The molecule has 39 heavy (non-hydrogen) atoms. The van der Waals surface area contributed by atoms with Gasteiger partial charge in [-0.25, -0.2) is 9.59 Å². The van der Waals surface area contributed by atoms with Crippen LogP contribution >= 0.6 is 0 Å². The summed E-state index contributed by atoms with van der Waals surface area (Å²) in [5.41, 5.74) is -0.119. The minimum Gasteiger partial charge on any atom is -0.493 e. The highest BCUT2D eigenvalue weighted by Crippen LogP contribution is 2.65. The van der Waals surface area contributed by atoms with Crippen LogP contribution in [0.4, 0.5) is 0 Å². The van der Waals surface area contributed by atoms with E-state index >= 15 is 0 Å². The van der Waals surface area contributed by atoms with Crippen molar-refractivity contribution < 1.29 is 53.1 Å². The first-order valence-corrected chi connectivity index (χ1v) is 12.7. The van der Waals surface area contributed by atoms with Crippen molar-refractivity contribution >= 4 is 23.9 Å². The molecule has 1 saturated heterocycles. The van der Waals surface area contributed by atoms with Gasteiger partial charge in [-0.2, -0.15) is 0 Å². The zero-order chi connectivity index (χ0) is 28.3. The number of likely N-dealkylation sites (N-methyl/N-ethyl adjacent to an activating group) is 1. The Morgan fingerprint density at radius 2 is 1.97 bits per heavy atom. The molecule has 12 heteroatoms. The molecule has 2 N–H and O–H groups in total. The fraction of sp³-hybridized carbons (Fsp3) is 0.556. The number of aliphatic hydroxyl groups is 1. The summed E-state index contributed by atoms with van der Waals surface area (Å²) >= 11 is 0. The number of carboxylic acid groups (broad SMARTS) is 1. The molecule has 2 aliphatic carbocycles. The van der Waals surface area contributed by atoms with Crippen LogP contribution in [-0.2, 0) is 45.2 Å². The highest BCUT2D eigenvalue weighted by Gasteiger charge is 2.72. The molecule has 210 valence electrons. The Balaban J connectivity index is 1.38. The lowest BCUT2D eigenvalue weighted by atomic mass is 9.50. The van der Waals surface area contributed by atoms with Gasteiger partial charge in [-0.15, -0.1) is 0 Å². The molecule has 12 nitrogen and oxygen atoms in total. The first-order valence-electron chi connectivity index (χ1n) is 12.7. The number of ether oxygens (including phenoxy) is 5. The number of nitrogens with zero attached hydrogens (tertiary/aromatic N) is 1. The number of esters is 3. The Morgan fingerprint density at radius 1 is 1.23 bits per heavy atom. The molecule has 4 aliphatic rings. The van der Waals surface area contributed by atoms with Crippen molar-refractivity contribution in [1.82, 2.24) is 4.90 Å². The Kier molecular flexibility index (Phi) is 6.58. The minimum absolute atomic E-state index is 0.169. The van der Waals surface area contributed by atoms with Crippen LogP contribution in [0.5, 0.6) is 11.5 Å². The summed E-state index contributed by atoms with van der Waals surface area (Å²) < 4.78 is 27.4. The molecule has 1 aromatic carbocycles. The van der Waals surface area contributed by atoms with Gasteiger partial charge in [0.25, 0.3) is 0 Å². The molecule has 1 aromatic rings. The number of methoxy groups -OCH3 is 1. The number of likely N-dealkylation sites (tertiary alicyclic amines) is 1. The number of hydrogen-bond acceptors (Lipinski definition) is 11. The third-order valence-electron chi connectivity index (χ3n) is 8.35. The van der Waals surface area contributed by atoms with Gasteiger partial charge in [-0.3, -0.25) is 9.59 Å². The molecule has 1 spiro atoms. The van der Waals surface area contributed by atoms with Crippen molar-refractivity contribution in [2.45, 2.75) is 74.9 Å². The van der Waals surface area contributed by atoms with Crippen molar-refractivity contribution in [3.05, 3.63) is 35.1 Å². The van der Waals surface area contributed by atoms with E-state index in [1.807, 2.05) is 19.2 Å². The van der Waals surface area contributed by atoms with Gasteiger partial charge in [0.2, 0.25) is 6.10 Å². The summed E-state index contributed by atoms with van der Waals surface area (Å²) in [7, 11) is 3.53. The lowest BCUT2D eigenvalue weighted by molar-refractivity contribution is -0.177. The average molecular weight is 546 g/mol. The van der Waals surface area contributed by atoms with Gasteiger partial charge in [0.15, 0.2) is 23.7 Å². The van der Waals surface area contributed by atoms with Crippen LogP contribution in [0, 0.1) is 0 Å². The normalized spacial score (nSPS) is 29.6. The van der Waals surface area contributed by atoms with E-state index in [1.54, 1.807) is 6.08 Å². The number of benzene rings is 1. The highest BCUT2D eigenvalue weighted by molar-refractivity contribution is 5.85. The number of hydrogen-bond donors (Lipinski definition) is 2. The summed E-state index contributed by atoms with van der Waals surface area (Å²) in [6.45, 7) is 3.00. The fourth-order valence-electron chi connectivity index (χ4n) is 6.61. The minimum atomic E-state index is -1.74. The number of carbonyl (C=O) groups is 4. The fourth-order valence-corrected chi connectivity index (χ4v) is 6.61. The molecule has 0 radical (unpaired) electrons. The zero-order valence-corrected chi connectivity index (χ0v) is 22.1. The van der Waals surface area contributed by atoms with Gasteiger partial charge in [0, 0.05) is 24.9 Å². The van der Waals surface area contributed by atoms with Crippen molar-refractivity contribution in [2.75, 3.05) is 20.7 Å². The average Bonchev–Trinajstić information content (AvgIpc) is 3.22. The Hall–Kier alpha value is -3.64. The van der Waals surface area contributed by atoms with E-state index < -0.39 is 59.6 Å². The van der Waals surface area contributed by atoms with Gasteiger partial charge in [0.1, 0.15) is 5.76 Å². The van der Waals surface area contributed by atoms with Crippen LogP contribution in [0.25, 0.3) is 0 Å².